The number of allylic oxidation sites excluding steroid dienone is 1. The number of carbonyl (C=O) groups excluding carboxylic acids is 1. The number of methoxy groups -OCH3 is 2. The van der Waals surface area contributed by atoms with Gasteiger partial charge in [0.15, 0.2) is 0 Å². The lowest BCUT2D eigenvalue weighted by atomic mass is 9.44. The fourth-order valence-corrected chi connectivity index (χ4v) is 7.39. The Morgan fingerprint density at radius 2 is 1.86 bits per heavy atom. The second-order valence-electron chi connectivity index (χ2n) is 10.2. The standard InChI is InChI=1S/C24H40O4/c1-8-11-22(4)14-19(28-15-26-6)23(5)16(2)9-12-24(17(3)21(22)25)13-10-18(27-7)20(23)24/h8,16-20H,1,9-15H2,2-7H3/t16-,17+,18-,19-,20-,22-,23+,24+/m1/s1. The molecule has 0 radical (unpaired) electrons. The maximum absolute atomic E-state index is 13.9. The zero-order chi connectivity index (χ0) is 20.7. The van der Waals surface area contributed by atoms with Gasteiger partial charge in [-0.2, -0.15) is 0 Å². The highest BCUT2D eigenvalue weighted by atomic mass is 16.7. The van der Waals surface area contributed by atoms with Gasteiger partial charge >= 0.3 is 0 Å². The van der Waals surface area contributed by atoms with Crippen molar-refractivity contribution < 1.29 is 19.0 Å². The number of ketones is 1. The summed E-state index contributed by atoms with van der Waals surface area (Å²) >= 11 is 0. The molecule has 0 aromatic rings. The summed E-state index contributed by atoms with van der Waals surface area (Å²) in [6.45, 7) is 13.3. The predicted octanol–water partition coefficient (Wildman–Crippen LogP) is 5.01. The number of carbonyl (C=O) groups is 1. The highest BCUT2D eigenvalue weighted by Crippen LogP contribution is 2.68. The van der Waals surface area contributed by atoms with Crippen molar-refractivity contribution >= 4 is 5.78 Å². The molecule has 2 bridgehead atoms. The molecule has 0 aliphatic heterocycles. The summed E-state index contributed by atoms with van der Waals surface area (Å²) in [5.74, 6) is 1.27. The third kappa shape index (κ3) is 3.02. The molecule has 160 valence electrons. The lowest BCUT2D eigenvalue weighted by Crippen LogP contribution is -2.62. The summed E-state index contributed by atoms with van der Waals surface area (Å²) in [4.78, 5) is 13.9. The molecule has 3 saturated carbocycles. The Bertz CT molecular complexity index is 603. The molecule has 0 aromatic carbocycles. The van der Waals surface area contributed by atoms with Crippen LogP contribution in [0.2, 0.25) is 0 Å². The summed E-state index contributed by atoms with van der Waals surface area (Å²) in [5, 5.41) is 0. The van der Waals surface area contributed by atoms with Crippen LogP contribution in [0.5, 0.6) is 0 Å². The van der Waals surface area contributed by atoms with Crippen LogP contribution in [-0.2, 0) is 19.0 Å². The lowest BCUT2D eigenvalue weighted by Gasteiger charge is -2.62. The predicted molar refractivity (Wildman–Crippen MR) is 111 cm³/mol. The normalized spacial score (nSPS) is 48.6. The third-order valence-corrected chi connectivity index (χ3v) is 9.13. The van der Waals surface area contributed by atoms with Gasteiger partial charge in [0.05, 0.1) is 12.2 Å². The monoisotopic (exact) mass is 392 g/mol. The molecule has 0 spiro atoms. The van der Waals surface area contributed by atoms with Gasteiger partial charge in [0.2, 0.25) is 0 Å². The molecule has 8 atom stereocenters. The number of Topliss-reactive ketones (excluding diaryl/α,β-unsaturated/α-hetero) is 1. The molecule has 0 unspecified atom stereocenters. The van der Waals surface area contributed by atoms with Gasteiger partial charge in [0, 0.05) is 31.0 Å². The van der Waals surface area contributed by atoms with Crippen LogP contribution < -0.4 is 0 Å². The number of hydrogen-bond acceptors (Lipinski definition) is 4. The van der Waals surface area contributed by atoms with Crippen molar-refractivity contribution in [3.8, 4) is 0 Å². The van der Waals surface area contributed by atoms with E-state index in [0.29, 0.717) is 24.0 Å². The van der Waals surface area contributed by atoms with E-state index in [0.717, 1.165) is 32.1 Å². The van der Waals surface area contributed by atoms with Gasteiger partial charge in [0.1, 0.15) is 12.6 Å². The van der Waals surface area contributed by atoms with Gasteiger partial charge in [-0.15, -0.1) is 6.58 Å². The van der Waals surface area contributed by atoms with Crippen LogP contribution in [0, 0.1) is 34.0 Å². The zero-order valence-electron chi connectivity index (χ0n) is 18.8. The first-order valence-electron chi connectivity index (χ1n) is 11.0. The Morgan fingerprint density at radius 1 is 1.18 bits per heavy atom. The van der Waals surface area contributed by atoms with E-state index in [-0.39, 0.29) is 35.7 Å². The SMILES string of the molecule is C=CC[C@]1(C)C[C@@H](OCOC)[C@]2(C)[C@H](C)CC[C@]3(CC[C@@H](OC)[C@@H]32)[C@@H](C)C1=O. The third-order valence-electron chi connectivity index (χ3n) is 9.13. The van der Waals surface area contributed by atoms with Crippen LogP contribution >= 0.6 is 0 Å². The summed E-state index contributed by atoms with van der Waals surface area (Å²) in [7, 11) is 3.51. The fraction of sp³-hybridized carbons (Fsp3) is 0.875. The van der Waals surface area contributed by atoms with E-state index < -0.39 is 5.41 Å². The average Bonchev–Trinajstić information content (AvgIpc) is 3.07. The number of ether oxygens (including phenoxy) is 3. The summed E-state index contributed by atoms with van der Waals surface area (Å²) in [5.41, 5.74) is -0.483. The van der Waals surface area contributed by atoms with E-state index >= 15 is 0 Å². The highest BCUT2D eigenvalue weighted by molar-refractivity contribution is 5.87. The molecular formula is C24H40O4. The summed E-state index contributed by atoms with van der Waals surface area (Å²) < 4.78 is 17.7. The van der Waals surface area contributed by atoms with Crippen molar-refractivity contribution in [1.29, 1.82) is 0 Å². The van der Waals surface area contributed by atoms with Gasteiger partial charge in [-0.1, -0.05) is 33.8 Å². The van der Waals surface area contributed by atoms with Crippen molar-refractivity contribution in [2.45, 2.75) is 78.4 Å². The van der Waals surface area contributed by atoms with Gasteiger partial charge < -0.3 is 14.2 Å². The van der Waals surface area contributed by atoms with Crippen LogP contribution in [0.15, 0.2) is 12.7 Å². The van der Waals surface area contributed by atoms with Crippen LogP contribution in [0.4, 0.5) is 0 Å². The van der Waals surface area contributed by atoms with Crippen molar-refractivity contribution in [1.82, 2.24) is 0 Å². The Morgan fingerprint density at radius 3 is 2.46 bits per heavy atom. The van der Waals surface area contributed by atoms with Gasteiger partial charge in [-0.3, -0.25) is 4.79 Å². The maximum atomic E-state index is 13.9. The molecule has 3 fully saturated rings. The van der Waals surface area contributed by atoms with Crippen LogP contribution in [0.25, 0.3) is 0 Å². The Labute approximate surface area is 171 Å². The molecule has 0 heterocycles. The van der Waals surface area contributed by atoms with Gasteiger partial charge in [-0.05, 0) is 55.8 Å². The van der Waals surface area contributed by atoms with Crippen LogP contribution in [0.3, 0.4) is 0 Å². The molecular weight excluding hydrogens is 352 g/mol. The summed E-state index contributed by atoms with van der Waals surface area (Å²) in [6, 6.07) is 0. The Hall–Kier alpha value is -0.710. The molecule has 28 heavy (non-hydrogen) atoms. The van der Waals surface area contributed by atoms with E-state index in [1.807, 2.05) is 13.2 Å². The molecule has 4 nitrogen and oxygen atoms in total. The Balaban J connectivity index is 2.18. The zero-order valence-corrected chi connectivity index (χ0v) is 18.8. The van der Waals surface area contributed by atoms with E-state index in [1.54, 1.807) is 7.11 Å². The van der Waals surface area contributed by atoms with Crippen molar-refractivity contribution in [3.05, 3.63) is 12.7 Å². The number of hydrogen-bond donors (Lipinski definition) is 0. The molecule has 0 N–H and O–H groups in total. The second-order valence-corrected chi connectivity index (χ2v) is 10.2. The maximum Gasteiger partial charge on any atom is 0.146 e. The fourth-order valence-electron chi connectivity index (χ4n) is 7.39. The van der Waals surface area contributed by atoms with Crippen molar-refractivity contribution in [2.24, 2.45) is 34.0 Å². The molecule has 0 saturated heterocycles. The van der Waals surface area contributed by atoms with Gasteiger partial charge in [-0.25, -0.2) is 0 Å². The molecule has 3 rings (SSSR count). The van der Waals surface area contributed by atoms with Crippen molar-refractivity contribution in [2.75, 3.05) is 21.0 Å². The van der Waals surface area contributed by atoms with E-state index in [1.165, 1.54) is 0 Å². The quantitative estimate of drug-likeness (QED) is 0.470. The minimum atomic E-state index is -0.443. The van der Waals surface area contributed by atoms with Crippen LogP contribution in [-0.4, -0.2) is 39.0 Å². The van der Waals surface area contributed by atoms with E-state index in [2.05, 4.69) is 34.3 Å². The highest BCUT2D eigenvalue weighted by Gasteiger charge is 2.68. The lowest BCUT2D eigenvalue weighted by molar-refractivity contribution is -0.219. The first-order chi connectivity index (χ1) is 13.2. The van der Waals surface area contributed by atoms with E-state index in [9.17, 15) is 4.79 Å². The Kier molecular flexibility index (Phi) is 6.16. The van der Waals surface area contributed by atoms with Crippen LogP contribution in [0.1, 0.15) is 66.2 Å². The second kappa shape index (κ2) is 7.85. The minimum absolute atomic E-state index is 0.0105. The average molecular weight is 393 g/mol. The summed E-state index contributed by atoms with van der Waals surface area (Å²) in [6.07, 6.45) is 7.85. The molecule has 0 amide bonds. The van der Waals surface area contributed by atoms with E-state index in [4.69, 9.17) is 14.2 Å². The molecule has 3 aliphatic carbocycles. The molecule has 4 heteroatoms. The van der Waals surface area contributed by atoms with Crippen molar-refractivity contribution in [3.63, 3.8) is 0 Å². The number of rotatable bonds is 6. The largest absolute Gasteiger partial charge is 0.381 e. The minimum Gasteiger partial charge on any atom is -0.381 e. The smallest absolute Gasteiger partial charge is 0.146 e. The van der Waals surface area contributed by atoms with Gasteiger partial charge in [0.25, 0.3) is 0 Å². The molecule has 3 aliphatic rings. The molecule has 0 aromatic heterocycles. The topological polar surface area (TPSA) is 44.8 Å². The first-order valence-corrected chi connectivity index (χ1v) is 11.0. The first kappa shape index (κ1) is 22.0.